The van der Waals surface area contributed by atoms with Crippen molar-refractivity contribution in [2.45, 2.75) is 45.1 Å². The number of hydrogen-bond acceptors (Lipinski definition) is 3. The van der Waals surface area contributed by atoms with E-state index in [1.165, 1.54) is 4.88 Å². The van der Waals surface area contributed by atoms with Crippen molar-refractivity contribution in [2.24, 2.45) is 0 Å². The van der Waals surface area contributed by atoms with Gasteiger partial charge in [0.2, 0.25) is 0 Å². The van der Waals surface area contributed by atoms with Crippen LogP contribution in [-0.4, -0.2) is 18.5 Å². The zero-order valence-corrected chi connectivity index (χ0v) is 11.1. The monoisotopic (exact) mass is 240 g/mol. The number of carbonyl (C=O) groups excluding carboxylic acids is 1. The third-order valence-electron chi connectivity index (χ3n) is 3.22. The molecule has 0 aliphatic rings. The minimum absolute atomic E-state index is 0.230. The molecule has 0 saturated carbocycles. The fraction of sp³-hybridized carbons (Fsp3) is 0.615. The van der Waals surface area contributed by atoms with E-state index < -0.39 is 5.60 Å². The van der Waals surface area contributed by atoms with Crippen molar-refractivity contribution in [1.82, 2.24) is 0 Å². The fourth-order valence-electron chi connectivity index (χ4n) is 1.97. The molecule has 1 aromatic rings. The molecule has 0 aliphatic heterocycles. The average Bonchev–Trinajstić information content (AvgIpc) is 2.82. The summed E-state index contributed by atoms with van der Waals surface area (Å²) in [6.45, 7) is 4.02. The molecule has 0 unspecified atom stereocenters. The number of thiophene rings is 1. The Morgan fingerprint density at radius 1 is 1.44 bits per heavy atom. The summed E-state index contributed by atoms with van der Waals surface area (Å²) in [5, 5.41) is 2.04. The summed E-state index contributed by atoms with van der Waals surface area (Å²) in [5.74, 6) is 0.230. The van der Waals surface area contributed by atoms with E-state index >= 15 is 0 Å². The van der Waals surface area contributed by atoms with Gasteiger partial charge < -0.3 is 4.74 Å². The minimum atomic E-state index is -0.558. The van der Waals surface area contributed by atoms with Crippen molar-refractivity contribution in [2.75, 3.05) is 7.11 Å². The van der Waals surface area contributed by atoms with Crippen LogP contribution in [0.3, 0.4) is 0 Å². The van der Waals surface area contributed by atoms with Crippen LogP contribution in [-0.2, 0) is 16.0 Å². The summed E-state index contributed by atoms with van der Waals surface area (Å²) in [7, 11) is 1.63. The molecule has 0 aromatic carbocycles. The molecule has 0 radical (unpaired) electrons. The van der Waals surface area contributed by atoms with Crippen LogP contribution < -0.4 is 0 Å². The average molecular weight is 240 g/mol. The molecular weight excluding hydrogens is 220 g/mol. The number of aryl methyl sites for hydroxylation is 1. The molecule has 0 bridgehead atoms. The normalized spacial score (nSPS) is 11.7. The van der Waals surface area contributed by atoms with Crippen molar-refractivity contribution < 1.29 is 9.53 Å². The summed E-state index contributed by atoms with van der Waals surface area (Å²) in [5.41, 5.74) is -0.558. The lowest BCUT2D eigenvalue weighted by Crippen LogP contribution is -2.39. The molecule has 3 heteroatoms. The Balaban J connectivity index is 2.56. The van der Waals surface area contributed by atoms with E-state index in [4.69, 9.17) is 4.74 Å². The number of Topliss-reactive ketones (excluding diaryl/α,β-unsaturated/α-hetero) is 1. The lowest BCUT2D eigenvalue weighted by Gasteiger charge is -2.28. The molecule has 1 rings (SSSR count). The molecule has 0 spiro atoms. The first kappa shape index (κ1) is 13.4. The highest BCUT2D eigenvalue weighted by Gasteiger charge is 2.33. The number of rotatable bonds is 7. The quantitative estimate of drug-likeness (QED) is 0.729. The van der Waals surface area contributed by atoms with E-state index in [-0.39, 0.29) is 5.78 Å². The SMILES string of the molecule is CCC(CC)(OC)C(=O)CCc1cccs1. The van der Waals surface area contributed by atoms with E-state index in [0.717, 1.165) is 19.3 Å². The molecule has 0 aliphatic carbocycles. The molecule has 0 amide bonds. The minimum Gasteiger partial charge on any atom is -0.370 e. The van der Waals surface area contributed by atoms with Gasteiger partial charge in [0, 0.05) is 18.4 Å². The standard InChI is InChI=1S/C13H20O2S/c1-4-13(5-2,15-3)12(14)9-8-11-7-6-10-16-11/h6-7,10H,4-5,8-9H2,1-3H3. The van der Waals surface area contributed by atoms with Gasteiger partial charge in [-0.1, -0.05) is 19.9 Å². The Hall–Kier alpha value is -0.670. The number of ketones is 1. The van der Waals surface area contributed by atoms with E-state index in [0.29, 0.717) is 6.42 Å². The predicted molar refractivity (Wildman–Crippen MR) is 68.0 cm³/mol. The van der Waals surface area contributed by atoms with E-state index in [9.17, 15) is 4.79 Å². The number of carbonyl (C=O) groups is 1. The molecule has 2 nitrogen and oxygen atoms in total. The zero-order chi connectivity index (χ0) is 12.0. The third kappa shape index (κ3) is 2.92. The first-order chi connectivity index (χ1) is 7.68. The Labute approximate surface area is 102 Å². The molecule has 1 aromatic heterocycles. The van der Waals surface area contributed by atoms with Gasteiger partial charge in [0.05, 0.1) is 0 Å². The van der Waals surface area contributed by atoms with Crippen LogP contribution >= 0.6 is 11.3 Å². The van der Waals surface area contributed by atoms with Crippen LogP contribution in [0.5, 0.6) is 0 Å². The molecule has 0 saturated heterocycles. The predicted octanol–water partition coefficient (Wildman–Crippen LogP) is 3.46. The highest BCUT2D eigenvalue weighted by molar-refractivity contribution is 7.09. The van der Waals surface area contributed by atoms with Crippen molar-refractivity contribution in [3.05, 3.63) is 22.4 Å². The van der Waals surface area contributed by atoms with Gasteiger partial charge in [0.15, 0.2) is 5.78 Å². The molecule has 0 fully saturated rings. The fourth-order valence-corrected chi connectivity index (χ4v) is 2.68. The number of methoxy groups -OCH3 is 1. The molecular formula is C13H20O2S. The highest BCUT2D eigenvalue weighted by Crippen LogP contribution is 2.23. The summed E-state index contributed by atoms with van der Waals surface area (Å²) < 4.78 is 5.42. The van der Waals surface area contributed by atoms with Crippen molar-refractivity contribution in [1.29, 1.82) is 0 Å². The van der Waals surface area contributed by atoms with Gasteiger partial charge in [0.25, 0.3) is 0 Å². The lowest BCUT2D eigenvalue weighted by atomic mass is 9.89. The van der Waals surface area contributed by atoms with Gasteiger partial charge in [-0.15, -0.1) is 11.3 Å². The Kier molecular flexibility index (Phi) is 5.16. The molecule has 0 atom stereocenters. The summed E-state index contributed by atoms with van der Waals surface area (Å²) >= 11 is 1.71. The van der Waals surface area contributed by atoms with Crippen LogP contribution in [0.1, 0.15) is 38.0 Å². The Bertz CT molecular complexity index is 304. The van der Waals surface area contributed by atoms with Gasteiger partial charge in [-0.3, -0.25) is 4.79 Å². The van der Waals surface area contributed by atoms with Crippen LogP contribution in [0.4, 0.5) is 0 Å². The number of hydrogen-bond donors (Lipinski definition) is 0. The molecule has 1 heterocycles. The molecule has 90 valence electrons. The molecule has 16 heavy (non-hydrogen) atoms. The highest BCUT2D eigenvalue weighted by atomic mass is 32.1. The second kappa shape index (κ2) is 6.16. The van der Waals surface area contributed by atoms with Crippen LogP contribution in [0.2, 0.25) is 0 Å². The van der Waals surface area contributed by atoms with Gasteiger partial charge in [-0.2, -0.15) is 0 Å². The third-order valence-corrected chi connectivity index (χ3v) is 4.16. The zero-order valence-electron chi connectivity index (χ0n) is 10.3. The van der Waals surface area contributed by atoms with E-state index in [1.807, 2.05) is 25.3 Å². The van der Waals surface area contributed by atoms with Crippen LogP contribution in [0.25, 0.3) is 0 Å². The smallest absolute Gasteiger partial charge is 0.164 e. The first-order valence-corrected chi connectivity index (χ1v) is 6.67. The van der Waals surface area contributed by atoms with Gasteiger partial charge in [0.1, 0.15) is 5.60 Å². The van der Waals surface area contributed by atoms with Gasteiger partial charge in [-0.05, 0) is 30.7 Å². The maximum atomic E-state index is 12.1. The van der Waals surface area contributed by atoms with Crippen molar-refractivity contribution in [3.8, 4) is 0 Å². The summed E-state index contributed by atoms with van der Waals surface area (Å²) in [6.07, 6.45) is 2.92. The second-order valence-electron chi connectivity index (χ2n) is 3.91. The largest absolute Gasteiger partial charge is 0.370 e. The lowest BCUT2D eigenvalue weighted by molar-refractivity contribution is -0.142. The van der Waals surface area contributed by atoms with E-state index in [2.05, 4.69) is 6.07 Å². The topological polar surface area (TPSA) is 26.3 Å². The summed E-state index contributed by atoms with van der Waals surface area (Å²) in [4.78, 5) is 13.4. The van der Waals surface area contributed by atoms with Crippen LogP contribution in [0.15, 0.2) is 17.5 Å². The Morgan fingerprint density at radius 3 is 2.56 bits per heavy atom. The maximum absolute atomic E-state index is 12.1. The maximum Gasteiger partial charge on any atom is 0.164 e. The van der Waals surface area contributed by atoms with Crippen LogP contribution in [0, 0.1) is 0 Å². The van der Waals surface area contributed by atoms with Gasteiger partial charge in [-0.25, -0.2) is 0 Å². The second-order valence-corrected chi connectivity index (χ2v) is 4.94. The van der Waals surface area contributed by atoms with E-state index in [1.54, 1.807) is 18.4 Å². The van der Waals surface area contributed by atoms with Gasteiger partial charge >= 0.3 is 0 Å². The van der Waals surface area contributed by atoms with Crippen molar-refractivity contribution in [3.63, 3.8) is 0 Å². The number of ether oxygens (including phenoxy) is 1. The first-order valence-electron chi connectivity index (χ1n) is 5.79. The molecule has 0 N–H and O–H groups in total. The van der Waals surface area contributed by atoms with Crippen molar-refractivity contribution >= 4 is 17.1 Å². The summed E-state index contributed by atoms with van der Waals surface area (Å²) in [6, 6.07) is 4.10. The Morgan fingerprint density at radius 2 is 2.12 bits per heavy atom.